The molecule has 13 heavy (non-hydrogen) atoms. The van der Waals surface area contributed by atoms with E-state index in [-0.39, 0.29) is 6.04 Å². The molecule has 0 aliphatic carbocycles. The van der Waals surface area contributed by atoms with Crippen molar-refractivity contribution in [2.45, 2.75) is 13.0 Å². The minimum Gasteiger partial charge on any atom is -0.298 e. The highest BCUT2D eigenvalue weighted by atomic mass is 35.5. The van der Waals surface area contributed by atoms with Crippen molar-refractivity contribution in [3.05, 3.63) is 34.9 Å². The van der Waals surface area contributed by atoms with Crippen LogP contribution in [0, 0.1) is 11.3 Å². The highest BCUT2D eigenvalue weighted by molar-refractivity contribution is 6.30. The Morgan fingerprint density at radius 3 is 3.00 bits per heavy atom. The van der Waals surface area contributed by atoms with Crippen molar-refractivity contribution in [3.8, 4) is 6.07 Å². The van der Waals surface area contributed by atoms with Gasteiger partial charge in [0, 0.05) is 11.1 Å². The number of rotatable bonds is 3. The Bertz CT molecular complexity index is 317. The summed E-state index contributed by atoms with van der Waals surface area (Å²) in [6.45, 7) is 2.36. The summed E-state index contributed by atoms with van der Waals surface area (Å²) in [7, 11) is 0. The van der Waals surface area contributed by atoms with Crippen LogP contribution in [0.1, 0.15) is 18.5 Å². The molecule has 0 aliphatic rings. The molecule has 68 valence electrons. The average Bonchev–Trinajstić information content (AvgIpc) is 2.14. The van der Waals surface area contributed by atoms with E-state index in [4.69, 9.17) is 16.9 Å². The van der Waals surface area contributed by atoms with Gasteiger partial charge in [-0.1, -0.05) is 23.7 Å². The molecule has 1 N–H and O–H groups in total. The van der Waals surface area contributed by atoms with E-state index in [0.717, 1.165) is 10.6 Å². The predicted molar refractivity (Wildman–Crippen MR) is 53.5 cm³/mol. The quantitative estimate of drug-likeness (QED) is 0.751. The molecule has 1 unspecified atom stereocenters. The average molecular weight is 195 g/mol. The smallest absolute Gasteiger partial charge is 0.0845 e. The van der Waals surface area contributed by atoms with Gasteiger partial charge >= 0.3 is 0 Å². The summed E-state index contributed by atoms with van der Waals surface area (Å²) >= 11 is 5.83. The van der Waals surface area contributed by atoms with Gasteiger partial charge in [-0.2, -0.15) is 5.26 Å². The minimum absolute atomic E-state index is 0.165. The Balaban J connectivity index is 2.66. The lowest BCUT2D eigenvalue weighted by Gasteiger charge is -2.11. The van der Waals surface area contributed by atoms with Crippen molar-refractivity contribution < 1.29 is 0 Å². The van der Waals surface area contributed by atoms with E-state index in [1.165, 1.54) is 0 Å². The van der Waals surface area contributed by atoms with Gasteiger partial charge in [-0.3, -0.25) is 5.32 Å². The van der Waals surface area contributed by atoms with Crippen molar-refractivity contribution in [2.75, 3.05) is 6.54 Å². The zero-order valence-electron chi connectivity index (χ0n) is 7.42. The fourth-order valence-corrected chi connectivity index (χ4v) is 1.29. The van der Waals surface area contributed by atoms with Gasteiger partial charge in [0.1, 0.15) is 0 Å². The van der Waals surface area contributed by atoms with Crippen molar-refractivity contribution in [1.82, 2.24) is 5.32 Å². The number of hydrogen-bond acceptors (Lipinski definition) is 2. The zero-order valence-corrected chi connectivity index (χ0v) is 8.17. The van der Waals surface area contributed by atoms with E-state index in [2.05, 4.69) is 5.32 Å². The molecule has 2 nitrogen and oxygen atoms in total. The maximum Gasteiger partial charge on any atom is 0.0845 e. The van der Waals surface area contributed by atoms with Gasteiger partial charge in [-0.05, 0) is 24.6 Å². The Labute approximate surface area is 83.1 Å². The van der Waals surface area contributed by atoms with E-state index >= 15 is 0 Å². The normalized spacial score (nSPS) is 12.1. The number of nitriles is 1. The van der Waals surface area contributed by atoms with Crippen molar-refractivity contribution in [3.63, 3.8) is 0 Å². The maximum absolute atomic E-state index is 8.38. The Hall–Kier alpha value is -1.04. The van der Waals surface area contributed by atoms with E-state index in [1.54, 1.807) is 0 Å². The van der Waals surface area contributed by atoms with Crippen LogP contribution in [0.4, 0.5) is 0 Å². The van der Waals surface area contributed by atoms with Crippen LogP contribution >= 0.6 is 11.6 Å². The van der Waals surface area contributed by atoms with Gasteiger partial charge in [-0.25, -0.2) is 0 Å². The SMILES string of the molecule is CC(NCC#N)c1cccc(Cl)c1. The predicted octanol–water partition coefficient (Wildman–Crippen LogP) is 2.51. The molecule has 0 radical (unpaired) electrons. The van der Waals surface area contributed by atoms with Crippen LogP contribution in [-0.2, 0) is 0 Å². The third kappa shape index (κ3) is 3.06. The molecule has 0 bridgehead atoms. The number of benzene rings is 1. The molecule has 1 aromatic carbocycles. The van der Waals surface area contributed by atoms with Crippen LogP contribution in [0.3, 0.4) is 0 Å². The Morgan fingerprint density at radius 2 is 2.38 bits per heavy atom. The molecule has 1 aromatic rings. The van der Waals surface area contributed by atoms with E-state index in [0.29, 0.717) is 6.54 Å². The van der Waals surface area contributed by atoms with E-state index in [1.807, 2.05) is 37.3 Å². The second kappa shape index (κ2) is 4.86. The van der Waals surface area contributed by atoms with E-state index < -0.39 is 0 Å². The topological polar surface area (TPSA) is 35.8 Å². The van der Waals surface area contributed by atoms with Crippen LogP contribution in [0.5, 0.6) is 0 Å². The molecular weight excluding hydrogens is 184 g/mol. The number of halogens is 1. The number of nitrogens with one attached hydrogen (secondary N) is 1. The summed E-state index contributed by atoms with van der Waals surface area (Å²) in [5.74, 6) is 0. The largest absolute Gasteiger partial charge is 0.298 e. The third-order valence-corrected chi connectivity index (χ3v) is 2.07. The van der Waals surface area contributed by atoms with Gasteiger partial charge in [0.15, 0.2) is 0 Å². The molecular formula is C10H11ClN2. The van der Waals surface area contributed by atoms with E-state index in [9.17, 15) is 0 Å². The first-order valence-electron chi connectivity index (χ1n) is 4.10. The second-order valence-corrected chi connectivity index (χ2v) is 3.25. The van der Waals surface area contributed by atoms with Gasteiger partial charge in [-0.15, -0.1) is 0 Å². The number of hydrogen-bond donors (Lipinski definition) is 1. The first kappa shape index (κ1) is 10.0. The molecule has 0 aromatic heterocycles. The molecule has 1 rings (SSSR count). The molecule has 0 fully saturated rings. The molecule has 0 aliphatic heterocycles. The standard InChI is InChI=1S/C10H11ClN2/c1-8(13-6-5-12)9-3-2-4-10(11)7-9/h2-4,7-8,13H,6H2,1H3. The first-order chi connectivity index (χ1) is 6.24. The summed E-state index contributed by atoms with van der Waals surface area (Å²) in [6.07, 6.45) is 0. The fraction of sp³-hybridized carbons (Fsp3) is 0.300. The Morgan fingerprint density at radius 1 is 1.62 bits per heavy atom. The van der Waals surface area contributed by atoms with Crippen molar-refractivity contribution in [1.29, 1.82) is 5.26 Å². The molecule has 0 saturated carbocycles. The zero-order chi connectivity index (χ0) is 9.68. The van der Waals surface area contributed by atoms with Crippen molar-refractivity contribution >= 4 is 11.6 Å². The van der Waals surface area contributed by atoms with Crippen LogP contribution in [0.25, 0.3) is 0 Å². The summed E-state index contributed by atoms with van der Waals surface area (Å²) in [6, 6.07) is 9.83. The molecule has 0 amide bonds. The summed E-state index contributed by atoms with van der Waals surface area (Å²) in [5, 5.41) is 12.2. The molecule has 0 spiro atoms. The molecule has 0 saturated heterocycles. The van der Waals surface area contributed by atoms with Gasteiger partial charge in [0.2, 0.25) is 0 Å². The van der Waals surface area contributed by atoms with Crippen LogP contribution in [0.2, 0.25) is 5.02 Å². The monoisotopic (exact) mass is 194 g/mol. The third-order valence-electron chi connectivity index (χ3n) is 1.84. The molecule has 3 heteroatoms. The lowest BCUT2D eigenvalue weighted by molar-refractivity contribution is 0.621. The summed E-state index contributed by atoms with van der Waals surface area (Å²) < 4.78 is 0. The second-order valence-electron chi connectivity index (χ2n) is 2.82. The first-order valence-corrected chi connectivity index (χ1v) is 4.47. The summed E-state index contributed by atoms with van der Waals surface area (Å²) in [5.41, 5.74) is 1.10. The van der Waals surface area contributed by atoms with Gasteiger partial charge in [0.05, 0.1) is 12.6 Å². The van der Waals surface area contributed by atoms with Crippen LogP contribution in [-0.4, -0.2) is 6.54 Å². The Kier molecular flexibility index (Phi) is 3.75. The minimum atomic E-state index is 0.165. The highest BCUT2D eigenvalue weighted by Crippen LogP contribution is 2.16. The number of nitrogens with zero attached hydrogens (tertiary/aromatic N) is 1. The highest BCUT2D eigenvalue weighted by Gasteiger charge is 2.03. The lowest BCUT2D eigenvalue weighted by Crippen LogP contribution is -2.18. The van der Waals surface area contributed by atoms with Crippen LogP contribution in [0.15, 0.2) is 24.3 Å². The van der Waals surface area contributed by atoms with Gasteiger partial charge in [0.25, 0.3) is 0 Å². The van der Waals surface area contributed by atoms with Crippen molar-refractivity contribution in [2.24, 2.45) is 0 Å². The molecule has 1 atom stereocenters. The van der Waals surface area contributed by atoms with Crippen LogP contribution < -0.4 is 5.32 Å². The maximum atomic E-state index is 8.38. The fourth-order valence-electron chi connectivity index (χ4n) is 1.09. The lowest BCUT2D eigenvalue weighted by atomic mass is 10.1. The summed E-state index contributed by atoms with van der Waals surface area (Å²) in [4.78, 5) is 0. The van der Waals surface area contributed by atoms with Gasteiger partial charge < -0.3 is 0 Å². The molecule has 0 heterocycles.